The Morgan fingerprint density at radius 3 is 2.31 bits per heavy atom. The molecule has 0 spiro atoms. The van der Waals surface area contributed by atoms with Crippen molar-refractivity contribution in [2.24, 2.45) is 0 Å². The molecule has 2 amide bonds. The summed E-state index contributed by atoms with van der Waals surface area (Å²) in [4.78, 5) is 30.6. The molecule has 2 rings (SSSR count). The van der Waals surface area contributed by atoms with Crippen molar-refractivity contribution in [1.29, 1.82) is 0 Å². The van der Waals surface area contributed by atoms with Crippen LogP contribution in [-0.2, 0) is 16.1 Å². The van der Waals surface area contributed by atoms with Crippen LogP contribution in [0.4, 0.5) is 4.39 Å². The van der Waals surface area contributed by atoms with Crippen molar-refractivity contribution in [3.63, 3.8) is 0 Å². The molecule has 162 valence electrons. The van der Waals surface area contributed by atoms with Crippen molar-refractivity contribution >= 4 is 23.4 Å². The topological polar surface area (TPSA) is 43.9 Å². The summed E-state index contributed by atoms with van der Waals surface area (Å²) >= 11 is 6.11. The van der Waals surface area contributed by atoms with Crippen molar-refractivity contribution in [3.8, 4) is 0 Å². The smallest absolute Gasteiger partial charge is 0.222 e. The van der Waals surface area contributed by atoms with Crippen LogP contribution >= 0.6 is 11.6 Å². The maximum absolute atomic E-state index is 14.0. The molecular weight excluding hydrogens is 393 g/mol. The van der Waals surface area contributed by atoms with Gasteiger partial charge in [0.15, 0.2) is 0 Å². The Morgan fingerprint density at radius 2 is 1.72 bits per heavy atom. The van der Waals surface area contributed by atoms with Gasteiger partial charge in [0.2, 0.25) is 11.8 Å². The van der Waals surface area contributed by atoms with E-state index in [1.54, 1.807) is 12.1 Å². The summed E-state index contributed by atoms with van der Waals surface area (Å²) in [7, 11) is 0. The highest BCUT2D eigenvalue weighted by atomic mass is 35.5. The van der Waals surface area contributed by atoms with E-state index < -0.39 is 0 Å². The number of carbonyl (C=O) groups is 2. The van der Waals surface area contributed by atoms with E-state index in [1.807, 2.05) is 9.80 Å². The van der Waals surface area contributed by atoms with Gasteiger partial charge < -0.3 is 9.80 Å². The van der Waals surface area contributed by atoms with E-state index in [4.69, 9.17) is 11.6 Å². The van der Waals surface area contributed by atoms with E-state index in [9.17, 15) is 14.0 Å². The van der Waals surface area contributed by atoms with Crippen LogP contribution in [0.3, 0.4) is 0 Å². The van der Waals surface area contributed by atoms with Crippen LogP contribution in [0.2, 0.25) is 5.02 Å². The Kier molecular flexibility index (Phi) is 9.88. The second-order valence-electron chi connectivity index (χ2n) is 7.59. The molecule has 1 heterocycles. The lowest BCUT2D eigenvalue weighted by atomic mass is 10.1. The third-order valence-electron chi connectivity index (χ3n) is 5.29. The maximum atomic E-state index is 14.0. The second-order valence-corrected chi connectivity index (χ2v) is 8.00. The van der Waals surface area contributed by atoms with E-state index in [1.165, 1.54) is 6.07 Å². The highest BCUT2D eigenvalue weighted by Crippen LogP contribution is 2.21. The van der Waals surface area contributed by atoms with Crippen molar-refractivity contribution < 1.29 is 14.0 Å². The monoisotopic (exact) mass is 425 g/mol. The summed E-state index contributed by atoms with van der Waals surface area (Å²) in [5, 5.41) is 0.438. The number of rotatable bonds is 10. The molecule has 1 aliphatic rings. The van der Waals surface area contributed by atoms with Gasteiger partial charge in [-0.05, 0) is 31.4 Å². The molecule has 7 heteroatoms. The van der Waals surface area contributed by atoms with Crippen LogP contribution in [0.15, 0.2) is 18.2 Å². The highest BCUT2D eigenvalue weighted by molar-refractivity contribution is 6.31. The minimum Gasteiger partial charge on any atom is -0.343 e. The lowest BCUT2D eigenvalue weighted by Crippen LogP contribution is -2.48. The van der Waals surface area contributed by atoms with Gasteiger partial charge in [-0.2, -0.15) is 0 Å². The number of piperazine rings is 1. The number of amides is 2. The molecular formula is C22H33ClFN3O2. The molecule has 1 aromatic carbocycles. The Hall–Kier alpha value is -1.66. The Bertz CT molecular complexity index is 652. The standard InChI is InChI=1S/C22H33ClFN3O2/c1-3-11-26(12-4-2)21(28)9-6-10-22(29)27-15-13-25(14-16-27)17-18-19(23)7-5-8-20(18)24/h5,7-8H,3-4,6,9-17H2,1-2H3. The van der Waals surface area contributed by atoms with Crippen molar-refractivity contribution in [1.82, 2.24) is 14.7 Å². The molecule has 0 atom stereocenters. The van der Waals surface area contributed by atoms with Crippen LogP contribution in [0.5, 0.6) is 0 Å². The molecule has 0 aliphatic carbocycles. The highest BCUT2D eigenvalue weighted by Gasteiger charge is 2.22. The summed E-state index contributed by atoms with van der Waals surface area (Å²) in [5.41, 5.74) is 0.510. The molecule has 0 unspecified atom stereocenters. The zero-order chi connectivity index (χ0) is 21.2. The van der Waals surface area contributed by atoms with E-state index in [0.29, 0.717) is 62.6 Å². The molecule has 1 aliphatic heterocycles. The Labute approximate surface area is 178 Å². The zero-order valence-corrected chi connectivity index (χ0v) is 18.4. The minimum atomic E-state index is -0.291. The van der Waals surface area contributed by atoms with E-state index in [2.05, 4.69) is 18.7 Å². The van der Waals surface area contributed by atoms with Crippen LogP contribution in [0, 0.1) is 5.82 Å². The van der Waals surface area contributed by atoms with Crippen molar-refractivity contribution in [2.75, 3.05) is 39.3 Å². The summed E-state index contributed by atoms with van der Waals surface area (Å²) in [6.07, 6.45) is 3.32. The summed E-state index contributed by atoms with van der Waals surface area (Å²) in [6, 6.07) is 4.72. The second kappa shape index (κ2) is 12.1. The van der Waals surface area contributed by atoms with Gasteiger partial charge in [-0.1, -0.05) is 31.5 Å². The average molecular weight is 426 g/mol. The van der Waals surface area contributed by atoms with Gasteiger partial charge in [0.05, 0.1) is 0 Å². The fourth-order valence-electron chi connectivity index (χ4n) is 3.67. The van der Waals surface area contributed by atoms with Gasteiger partial charge in [0.25, 0.3) is 0 Å². The van der Waals surface area contributed by atoms with Crippen LogP contribution in [0.25, 0.3) is 0 Å². The van der Waals surface area contributed by atoms with Gasteiger partial charge in [-0.15, -0.1) is 0 Å². The number of benzene rings is 1. The van der Waals surface area contributed by atoms with Crippen molar-refractivity contribution in [2.45, 2.75) is 52.5 Å². The molecule has 1 fully saturated rings. The largest absolute Gasteiger partial charge is 0.343 e. The fraction of sp³-hybridized carbons (Fsp3) is 0.636. The molecule has 0 bridgehead atoms. The SMILES string of the molecule is CCCN(CCC)C(=O)CCCC(=O)N1CCN(Cc2c(F)cccc2Cl)CC1. The number of carbonyl (C=O) groups excluding carboxylic acids is 2. The first-order valence-electron chi connectivity index (χ1n) is 10.7. The number of halogens is 2. The Balaban J connectivity index is 1.72. The first-order chi connectivity index (χ1) is 14.0. The predicted octanol–water partition coefficient (Wildman–Crippen LogP) is 3.94. The van der Waals surface area contributed by atoms with Crippen LogP contribution in [-0.4, -0.2) is 65.8 Å². The molecule has 5 nitrogen and oxygen atoms in total. The van der Waals surface area contributed by atoms with Gasteiger partial charge in [0.1, 0.15) is 5.82 Å². The quantitative estimate of drug-likeness (QED) is 0.570. The number of hydrogen-bond donors (Lipinski definition) is 0. The third-order valence-corrected chi connectivity index (χ3v) is 5.64. The minimum absolute atomic E-state index is 0.0962. The molecule has 0 radical (unpaired) electrons. The molecule has 0 aromatic heterocycles. The summed E-state index contributed by atoms with van der Waals surface area (Å²) in [6.45, 7) is 8.79. The fourth-order valence-corrected chi connectivity index (χ4v) is 3.89. The normalized spacial score (nSPS) is 14.8. The van der Waals surface area contributed by atoms with E-state index in [0.717, 1.165) is 25.9 Å². The van der Waals surface area contributed by atoms with Crippen LogP contribution in [0.1, 0.15) is 51.5 Å². The number of hydrogen-bond acceptors (Lipinski definition) is 3. The zero-order valence-electron chi connectivity index (χ0n) is 17.6. The lowest BCUT2D eigenvalue weighted by Gasteiger charge is -2.35. The first kappa shape index (κ1) is 23.6. The van der Waals surface area contributed by atoms with Crippen molar-refractivity contribution in [3.05, 3.63) is 34.6 Å². The van der Waals surface area contributed by atoms with Gasteiger partial charge in [-0.3, -0.25) is 14.5 Å². The maximum Gasteiger partial charge on any atom is 0.222 e. The predicted molar refractivity (Wildman–Crippen MR) is 114 cm³/mol. The van der Waals surface area contributed by atoms with Gasteiger partial charge in [-0.25, -0.2) is 4.39 Å². The average Bonchev–Trinajstić information content (AvgIpc) is 2.71. The van der Waals surface area contributed by atoms with Crippen LogP contribution < -0.4 is 0 Å². The number of nitrogens with zero attached hydrogens (tertiary/aromatic N) is 3. The molecule has 1 aromatic rings. The first-order valence-corrected chi connectivity index (χ1v) is 11.0. The summed E-state index contributed by atoms with van der Waals surface area (Å²) < 4.78 is 14.0. The molecule has 29 heavy (non-hydrogen) atoms. The van der Waals surface area contributed by atoms with Gasteiger partial charge >= 0.3 is 0 Å². The third kappa shape index (κ3) is 7.27. The molecule has 0 saturated carbocycles. The molecule has 1 saturated heterocycles. The molecule has 0 N–H and O–H groups in total. The lowest BCUT2D eigenvalue weighted by molar-refractivity contribution is -0.134. The van der Waals surface area contributed by atoms with E-state index in [-0.39, 0.29) is 17.6 Å². The van der Waals surface area contributed by atoms with Gasteiger partial charge in [0, 0.05) is 69.2 Å². The Morgan fingerprint density at radius 1 is 1.07 bits per heavy atom. The van der Waals surface area contributed by atoms with E-state index >= 15 is 0 Å². The summed E-state index contributed by atoms with van der Waals surface area (Å²) in [5.74, 6) is -0.0483.